The Morgan fingerprint density at radius 1 is 1.27 bits per heavy atom. The molecule has 0 spiro atoms. The minimum absolute atomic E-state index is 0. The summed E-state index contributed by atoms with van der Waals surface area (Å²) in [6, 6.07) is 4.72. The molecule has 0 aromatic heterocycles. The molecule has 3 N–H and O–H groups in total. The lowest BCUT2D eigenvalue weighted by molar-refractivity contribution is -0.274. The van der Waals surface area contributed by atoms with Gasteiger partial charge in [-0.3, -0.25) is 4.79 Å². The van der Waals surface area contributed by atoms with Crippen molar-refractivity contribution in [3.63, 3.8) is 0 Å². The lowest BCUT2D eigenvalue weighted by atomic mass is 10.0. The molecule has 126 valence electrons. The van der Waals surface area contributed by atoms with Crippen LogP contribution in [0.4, 0.5) is 13.2 Å². The van der Waals surface area contributed by atoms with Crippen LogP contribution in [-0.4, -0.2) is 18.3 Å². The third kappa shape index (κ3) is 8.09. The lowest BCUT2D eigenvalue weighted by Gasteiger charge is -2.14. The van der Waals surface area contributed by atoms with E-state index in [-0.39, 0.29) is 30.6 Å². The number of carbonyl (C=O) groups is 1. The molecule has 0 radical (unpaired) electrons. The van der Waals surface area contributed by atoms with Gasteiger partial charge in [0.25, 0.3) is 0 Å². The van der Waals surface area contributed by atoms with Gasteiger partial charge in [0.2, 0.25) is 5.91 Å². The predicted octanol–water partition coefficient (Wildman–Crippen LogP) is 3.00. The van der Waals surface area contributed by atoms with Crippen LogP contribution in [0, 0.1) is 5.92 Å². The average molecular weight is 341 g/mol. The van der Waals surface area contributed by atoms with Crippen LogP contribution in [0.2, 0.25) is 0 Å². The van der Waals surface area contributed by atoms with Crippen LogP contribution in [0.3, 0.4) is 0 Å². The van der Waals surface area contributed by atoms with Crippen molar-refractivity contribution in [3.05, 3.63) is 29.8 Å². The molecule has 22 heavy (non-hydrogen) atoms. The summed E-state index contributed by atoms with van der Waals surface area (Å²) in [6.45, 7) is 4.13. The van der Waals surface area contributed by atoms with Crippen molar-refractivity contribution in [1.29, 1.82) is 0 Å². The van der Waals surface area contributed by atoms with E-state index in [1.807, 2.05) is 13.8 Å². The van der Waals surface area contributed by atoms with Crippen LogP contribution in [0.25, 0.3) is 0 Å². The van der Waals surface area contributed by atoms with E-state index in [4.69, 9.17) is 5.73 Å². The first-order valence-corrected chi connectivity index (χ1v) is 6.55. The van der Waals surface area contributed by atoms with Gasteiger partial charge in [0, 0.05) is 6.54 Å². The van der Waals surface area contributed by atoms with Crippen LogP contribution >= 0.6 is 12.4 Å². The maximum Gasteiger partial charge on any atom is 0.573 e. The average Bonchev–Trinajstić information content (AvgIpc) is 2.35. The fourth-order valence-electron chi connectivity index (χ4n) is 1.74. The Bertz CT molecular complexity index is 464. The van der Waals surface area contributed by atoms with Crippen molar-refractivity contribution in [3.8, 4) is 5.75 Å². The van der Waals surface area contributed by atoms with Gasteiger partial charge in [-0.2, -0.15) is 0 Å². The fraction of sp³-hybridized carbons (Fsp3) is 0.500. The Kier molecular flexibility index (Phi) is 8.26. The number of nitrogens with two attached hydrogens (primary N) is 1. The summed E-state index contributed by atoms with van der Waals surface area (Å²) >= 11 is 0. The van der Waals surface area contributed by atoms with Crippen molar-refractivity contribution >= 4 is 18.3 Å². The third-order valence-electron chi connectivity index (χ3n) is 2.69. The molecule has 1 atom stereocenters. The molecule has 0 fully saturated rings. The van der Waals surface area contributed by atoms with Crippen molar-refractivity contribution in [2.75, 3.05) is 0 Å². The summed E-state index contributed by atoms with van der Waals surface area (Å²) in [5.74, 6) is -0.266. The van der Waals surface area contributed by atoms with Gasteiger partial charge in [-0.15, -0.1) is 25.6 Å². The van der Waals surface area contributed by atoms with Crippen LogP contribution < -0.4 is 15.8 Å². The molecule has 1 aromatic rings. The summed E-state index contributed by atoms with van der Waals surface area (Å²) in [4.78, 5) is 11.7. The van der Waals surface area contributed by atoms with Crippen molar-refractivity contribution in [2.24, 2.45) is 11.7 Å². The molecule has 0 bridgehead atoms. The summed E-state index contributed by atoms with van der Waals surface area (Å²) in [6.07, 6.45) is -4.14. The van der Waals surface area contributed by atoms with E-state index < -0.39 is 12.4 Å². The van der Waals surface area contributed by atoms with Crippen LogP contribution in [0.5, 0.6) is 5.75 Å². The third-order valence-corrected chi connectivity index (χ3v) is 2.69. The molecule has 1 aromatic carbocycles. The highest BCUT2D eigenvalue weighted by atomic mass is 35.5. The highest BCUT2D eigenvalue weighted by molar-refractivity contribution is 5.85. The molecule has 4 nitrogen and oxygen atoms in total. The Morgan fingerprint density at radius 2 is 1.82 bits per heavy atom. The molecule has 0 saturated heterocycles. The minimum atomic E-state index is -4.71. The predicted molar refractivity (Wildman–Crippen MR) is 79.7 cm³/mol. The number of amides is 1. The van der Waals surface area contributed by atoms with Crippen molar-refractivity contribution in [1.82, 2.24) is 5.32 Å². The summed E-state index contributed by atoms with van der Waals surface area (Å²) in [5, 5.41) is 2.64. The van der Waals surface area contributed by atoms with Gasteiger partial charge >= 0.3 is 6.36 Å². The normalized spacial score (nSPS) is 12.5. The van der Waals surface area contributed by atoms with Gasteiger partial charge in [0.1, 0.15) is 5.75 Å². The zero-order valence-corrected chi connectivity index (χ0v) is 13.1. The van der Waals surface area contributed by atoms with Crippen molar-refractivity contribution < 1.29 is 22.7 Å². The topological polar surface area (TPSA) is 64.4 Å². The number of hydrogen-bond donors (Lipinski definition) is 2. The van der Waals surface area contributed by atoms with Crippen LogP contribution in [-0.2, 0) is 11.3 Å². The van der Waals surface area contributed by atoms with Gasteiger partial charge in [-0.25, -0.2) is 0 Å². The van der Waals surface area contributed by atoms with E-state index in [2.05, 4.69) is 10.1 Å². The zero-order valence-electron chi connectivity index (χ0n) is 12.3. The molecule has 0 unspecified atom stereocenters. The molecule has 8 heteroatoms. The van der Waals surface area contributed by atoms with Gasteiger partial charge in [0.05, 0.1) is 6.04 Å². The molecule has 0 aliphatic rings. The zero-order chi connectivity index (χ0) is 16.0. The second-order valence-corrected chi connectivity index (χ2v) is 5.15. The van der Waals surface area contributed by atoms with Crippen LogP contribution in [0.15, 0.2) is 24.3 Å². The molecule has 0 aliphatic heterocycles. The van der Waals surface area contributed by atoms with E-state index in [1.54, 1.807) is 0 Å². The first-order valence-electron chi connectivity index (χ1n) is 6.55. The number of hydrogen-bond acceptors (Lipinski definition) is 3. The molecular weight excluding hydrogens is 321 g/mol. The Labute approximate surface area is 133 Å². The van der Waals surface area contributed by atoms with E-state index in [9.17, 15) is 18.0 Å². The maximum absolute atomic E-state index is 12.0. The second-order valence-electron chi connectivity index (χ2n) is 5.15. The van der Waals surface area contributed by atoms with Crippen LogP contribution in [0.1, 0.15) is 25.8 Å². The number of nitrogens with one attached hydrogen (secondary N) is 1. The first kappa shape index (κ1) is 20.5. The Morgan fingerprint density at radius 3 is 2.27 bits per heavy atom. The molecule has 0 aliphatic carbocycles. The fourth-order valence-corrected chi connectivity index (χ4v) is 1.74. The molecule has 0 heterocycles. The van der Waals surface area contributed by atoms with Gasteiger partial charge in [0.15, 0.2) is 0 Å². The second kappa shape index (κ2) is 8.85. The number of halogens is 4. The monoisotopic (exact) mass is 340 g/mol. The number of alkyl halides is 3. The van der Waals surface area contributed by atoms with E-state index in [0.717, 1.165) is 0 Å². The van der Waals surface area contributed by atoms with E-state index in [1.165, 1.54) is 24.3 Å². The van der Waals surface area contributed by atoms with Gasteiger partial charge < -0.3 is 15.8 Å². The highest BCUT2D eigenvalue weighted by Gasteiger charge is 2.30. The lowest BCUT2D eigenvalue weighted by Crippen LogP contribution is -2.41. The number of ether oxygens (including phenoxy) is 1. The summed E-state index contributed by atoms with van der Waals surface area (Å²) < 4.78 is 39.7. The standard InChI is InChI=1S/C14H19F3N2O2.ClH/c1-9(2)7-12(18)13(20)19-8-10-3-5-11(6-4-10)21-14(15,16)17;/h3-6,9,12H,7-8,18H2,1-2H3,(H,19,20);1H/t12-;/m0./s1. The maximum atomic E-state index is 12.0. The first-order chi connectivity index (χ1) is 9.67. The SMILES string of the molecule is CC(C)C[C@H](N)C(=O)NCc1ccc(OC(F)(F)F)cc1.Cl. The van der Waals surface area contributed by atoms with Gasteiger partial charge in [-0.1, -0.05) is 26.0 Å². The largest absolute Gasteiger partial charge is 0.573 e. The Hall–Kier alpha value is -1.47. The quantitative estimate of drug-likeness (QED) is 0.836. The molecule has 1 amide bonds. The smallest absolute Gasteiger partial charge is 0.406 e. The van der Waals surface area contributed by atoms with E-state index >= 15 is 0 Å². The Balaban J connectivity index is 0.00000441. The molecule has 0 saturated carbocycles. The van der Waals surface area contributed by atoms with Crippen molar-refractivity contribution in [2.45, 2.75) is 39.2 Å². The number of benzene rings is 1. The highest BCUT2D eigenvalue weighted by Crippen LogP contribution is 2.22. The molecular formula is C14H20ClF3N2O2. The summed E-state index contributed by atoms with van der Waals surface area (Å²) in [5.41, 5.74) is 6.38. The number of carbonyl (C=O) groups excluding carboxylic acids is 1. The number of rotatable bonds is 6. The summed E-state index contributed by atoms with van der Waals surface area (Å²) in [7, 11) is 0. The van der Waals surface area contributed by atoms with E-state index in [0.29, 0.717) is 17.9 Å². The van der Waals surface area contributed by atoms with Gasteiger partial charge in [-0.05, 0) is 30.0 Å². The molecule has 1 rings (SSSR count). The minimum Gasteiger partial charge on any atom is -0.406 e.